The number of nitrogens with two attached hydrogens (primary N) is 1. The third kappa shape index (κ3) is 3.96. The van der Waals surface area contributed by atoms with E-state index in [9.17, 15) is 4.79 Å². The molecule has 0 aliphatic carbocycles. The van der Waals surface area contributed by atoms with Crippen LogP contribution in [0.4, 0.5) is 0 Å². The molecule has 23 heavy (non-hydrogen) atoms. The molecule has 9 heteroatoms. The van der Waals surface area contributed by atoms with E-state index < -0.39 is 11.5 Å². The second-order valence-electron chi connectivity index (χ2n) is 5.14. The van der Waals surface area contributed by atoms with Crippen molar-refractivity contribution in [1.82, 2.24) is 9.78 Å². The Morgan fingerprint density at radius 3 is 2.57 bits per heavy atom. The van der Waals surface area contributed by atoms with Gasteiger partial charge in [-0.05, 0) is 32.0 Å². The van der Waals surface area contributed by atoms with Gasteiger partial charge < -0.3 is 10.6 Å². The second-order valence-corrected chi connectivity index (χ2v) is 6.42. The van der Waals surface area contributed by atoms with E-state index in [0.717, 1.165) is 0 Å². The molecule has 0 fully saturated rings. The maximum atomic E-state index is 12.2. The SMILES string of the molecule is CC(C)(C(=O)O/N=C(\N)c1ccc(Cl)cc1Cl)n1cc(Cl)cn1. The molecular formula is C14H13Cl3N4O2. The number of carbonyl (C=O) groups is 1. The first-order valence-electron chi connectivity index (χ1n) is 6.43. The highest BCUT2D eigenvalue weighted by atomic mass is 35.5. The van der Waals surface area contributed by atoms with Crippen LogP contribution in [0.15, 0.2) is 35.7 Å². The zero-order valence-corrected chi connectivity index (χ0v) is 14.5. The number of hydrogen-bond acceptors (Lipinski definition) is 4. The summed E-state index contributed by atoms with van der Waals surface area (Å²) in [7, 11) is 0. The second kappa shape index (κ2) is 6.78. The number of aromatic nitrogens is 2. The lowest BCUT2D eigenvalue weighted by Crippen LogP contribution is -2.37. The van der Waals surface area contributed by atoms with E-state index in [4.69, 9.17) is 45.4 Å². The third-order valence-corrected chi connectivity index (χ3v) is 3.80. The van der Waals surface area contributed by atoms with Crippen LogP contribution < -0.4 is 5.73 Å². The van der Waals surface area contributed by atoms with Crippen LogP contribution in [-0.4, -0.2) is 21.6 Å². The van der Waals surface area contributed by atoms with Crippen LogP contribution in [0, 0.1) is 0 Å². The summed E-state index contributed by atoms with van der Waals surface area (Å²) in [4.78, 5) is 17.1. The molecule has 122 valence electrons. The average molecular weight is 376 g/mol. The van der Waals surface area contributed by atoms with Crippen LogP contribution >= 0.6 is 34.8 Å². The highest BCUT2D eigenvalue weighted by molar-refractivity contribution is 6.36. The predicted molar refractivity (Wildman–Crippen MR) is 89.8 cm³/mol. The molecule has 0 unspecified atom stereocenters. The minimum atomic E-state index is -1.11. The van der Waals surface area contributed by atoms with Gasteiger partial charge in [0.25, 0.3) is 0 Å². The Kier molecular flexibility index (Phi) is 5.19. The van der Waals surface area contributed by atoms with Gasteiger partial charge in [-0.15, -0.1) is 0 Å². The summed E-state index contributed by atoms with van der Waals surface area (Å²) in [5.74, 6) is -0.709. The van der Waals surface area contributed by atoms with E-state index >= 15 is 0 Å². The van der Waals surface area contributed by atoms with Crippen molar-refractivity contribution in [2.24, 2.45) is 10.9 Å². The molecule has 0 saturated carbocycles. The molecule has 2 aromatic rings. The van der Waals surface area contributed by atoms with Gasteiger partial charge in [0.15, 0.2) is 11.4 Å². The number of rotatable bonds is 4. The van der Waals surface area contributed by atoms with Crippen molar-refractivity contribution in [2.45, 2.75) is 19.4 Å². The zero-order chi connectivity index (χ0) is 17.2. The van der Waals surface area contributed by atoms with E-state index in [1.807, 2.05) is 0 Å². The van der Waals surface area contributed by atoms with Crippen molar-refractivity contribution in [1.29, 1.82) is 0 Å². The summed E-state index contributed by atoms with van der Waals surface area (Å²) in [6, 6.07) is 4.69. The lowest BCUT2D eigenvalue weighted by molar-refractivity contribution is -0.153. The fraction of sp³-hybridized carbons (Fsp3) is 0.214. The first kappa shape index (κ1) is 17.6. The maximum Gasteiger partial charge on any atom is 0.361 e. The van der Waals surface area contributed by atoms with Gasteiger partial charge in [0.2, 0.25) is 0 Å². The average Bonchev–Trinajstić information content (AvgIpc) is 2.91. The summed E-state index contributed by atoms with van der Waals surface area (Å²) < 4.78 is 1.37. The van der Waals surface area contributed by atoms with Crippen LogP contribution in [0.25, 0.3) is 0 Å². The number of carbonyl (C=O) groups excluding carboxylic acids is 1. The summed E-state index contributed by atoms with van der Waals surface area (Å²) in [5, 5.41) is 8.77. The van der Waals surface area contributed by atoms with Crippen molar-refractivity contribution in [3.63, 3.8) is 0 Å². The largest absolute Gasteiger partial charge is 0.380 e. The predicted octanol–water partition coefficient (Wildman–Crippen LogP) is 3.44. The molecule has 0 atom stereocenters. The molecule has 2 N–H and O–H groups in total. The van der Waals surface area contributed by atoms with E-state index in [0.29, 0.717) is 20.6 Å². The van der Waals surface area contributed by atoms with Gasteiger partial charge in [-0.25, -0.2) is 4.79 Å². The van der Waals surface area contributed by atoms with E-state index in [1.54, 1.807) is 26.0 Å². The highest BCUT2D eigenvalue weighted by Gasteiger charge is 2.33. The third-order valence-electron chi connectivity index (χ3n) is 3.06. The normalized spacial score (nSPS) is 12.3. The minimum absolute atomic E-state index is 0.0469. The molecule has 0 radical (unpaired) electrons. The number of halogens is 3. The first-order chi connectivity index (χ1) is 10.7. The van der Waals surface area contributed by atoms with Gasteiger partial charge >= 0.3 is 5.97 Å². The Labute approximate surface area is 147 Å². The van der Waals surface area contributed by atoms with Crippen molar-refractivity contribution in [2.75, 3.05) is 0 Å². The molecule has 1 aromatic carbocycles. The van der Waals surface area contributed by atoms with Crippen molar-refractivity contribution in [3.8, 4) is 0 Å². The zero-order valence-electron chi connectivity index (χ0n) is 12.3. The van der Waals surface area contributed by atoms with Gasteiger partial charge in [-0.1, -0.05) is 40.0 Å². The molecule has 2 rings (SSSR count). The van der Waals surface area contributed by atoms with Gasteiger partial charge in [-0.2, -0.15) is 5.10 Å². The molecule has 1 aromatic heterocycles. The molecule has 0 saturated heterocycles. The van der Waals surface area contributed by atoms with Crippen LogP contribution in [0.5, 0.6) is 0 Å². The molecule has 1 heterocycles. The number of oxime groups is 1. The minimum Gasteiger partial charge on any atom is -0.380 e. The molecule has 0 bridgehead atoms. The maximum absolute atomic E-state index is 12.2. The van der Waals surface area contributed by atoms with Crippen LogP contribution in [0.3, 0.4) is 0 Å². The first-order valence-corrected chi connectivity index (χ1v) is 7.56. The fourth-order valence-corrected chi connectivity index (χ4v) is 2.29. The van der Waals surface area contributed by atoms with E-state index in [2.05, 4.69) is 10.3 Å². The molecule has 0 aliphatic rings. The number of amidine groups is 1. The summed E-state index contributed by atoms with van der Waals surface area (Å²) >= 11 is 17.6. The Morgan fingerprint density at radius 1 is 1.30 bits per heavy atom. The molecule has 0 aliphatic heterocycles. The Bertz CT molecular complexity index is 771. The smallest absolute Gasteiger partial charge is 0.361 e. The van der Waals surface area contributed by atoms with Gasteiger partial charge in [0.05, 0.1) is 16.2 Å². The van der Waals surface area contributed by atoms with Gasteiger partial charge in [-0.3, -0.25) is 4.68 Å². The van der Waals surface area contributed by atoms with Crippen molar-refractivity contribution in [3.05, 3.63) is 51.2 Å². The fourth-order valence-electron chi connectivity index (χ4n) is 1.65. The molecule has 0 spiro atoms. The van der Waals surface area contributed by atoms with E-state index in [-0.39, 0.29) is 5.84 Å². The summed E-state index contributed by atoms with van der Waals surface area (Å²) in [6.45, 7) is 3.22. The van der Waals surface area contributed by atoms with Gasteiger partial charge in [0, 0.05) is 16.8 Å². The topological polar surface area (TPSA) is 82.5 Å². The quantitative estimate of drug-likeness (QED) is 0.384. The Hall–Kier alpha value is -1.76. The molecule has 6 nitrogen and oxygen atoms in total. The van der Waals surface area contributed by atoms with Gasteiger partial charge in [0.1, 0.15) is 0 Å². The van der Waals surface area contributed by atoms with Crippen LogP contribution in [-0.2, 0) is 15.2 Å². The Morgan fingerprint density at radius 2 is 2.00 bits per heavy atom. The lowest BCUT2D eigenvalue weighted by Gasteiger charge is -2.21. The molecule has 0 amide bonds. The summed E-state index contributed by atoms with van der Waals surface area (Å²) in [6.07, 6.45) is 2.92. The molecular weight excluding hydrogens is 363 g/mol. The monoisotopic (exact) mass is 374 g/mol. The summed E-state index contributed by atoms with van der Waals surface area (Å²) in [5.41, 5.74) is 5.08. The number of nitrogens with zero attached hydrogens (tertiary/aromatic N) is 3. The van der Waals surface area contributed by atoms with Crippen LogP contribution in [0.2, 0.25) is 15.1 Å². The Balaban J connectivity index is 2.16. The van der Waals surface area contributed by atoms with Crippen LogP contribution in [0.1, 0.15) is 19.4 Å². The van der Waals surface area contributed by atoms with Crippen molar-refractivity contribution < 1.29 is 9.63 Å². The number of benzene rings is 1. The standard InChI is InChI=1S/C14H13Cl3N4O2/c1-14(2,21-7-9(16)6-19-21)13(22)23-20-12(18)10-4-3-8(15)5-11(10)17/h3-7H,1-2H3,(H2,18,20). The van der Waals surface area contributed by atoms with Crippen molar-refractivity contribution >= 4 is 46.6 Å². The number of hydrogen-bond donors (Lipinski definition) is 1. The van der Waals surface area contributed by atoms with E-state index in [1.165, 1.54) is 23.1 Å². The highest BCUT2D eigenvalue weighted by Crippen LogP contribution is 2.22. The lowest BCUT2D eigenvalue weighted by atomic mass is 10.1.